The van der Waals surface area contributed by atoms with Crippen molar-refractivity contribution in [3.8, 4) is 0 Å². The quantitative estimate of drug-likeness (QED) is 0.375. The number of ether oxygens (including phenoxy) is 1. The molecule has 11 heteroatoms. The number of aliphatic hydroxyl groups is 1. The first-order valence-corrected chi connectivity index (χ1v) is 12.8. The molecule has 0 saturated heterocycles. The molecule has 1 N–H and O–H groups in total. The molecule has 3 unspecified atom stereocenters. The first-order valence-electron chi connectivity index (χ1n) is 11.2. The lowest BCUT2D eigenvalue weighted by molar-refractivity contribution is -0.200. The van der Waals surface area contributed by atoms with Gasteiger partial charge < -0.3 is 9.84 Å². The summed E-state index contributed by atoms with van der Waals surface area (Å²) in [6, 6.07) is 0. The number of esters is 1. The van der Waals surface area contributed by atoms with Gasteiger partial charge in [0.25, 0.3) is 0 Å². The van der Waals surface area contributed by atoms with Gasteiger partial charge in [-0.05, 0) is 69.9 Å². The number of hydrogen-bond acceptors (Lipinski definition) is 6. The molecule has 1 spiro atoms. The number of nitrogens with zero attached hydrogens (tertiary/aromatic N) is 1. The zero-order valence-electron chi connectivity index (χ0n) is 18.8. The van der Waals surface area contributed by atoms with Crippen molar-refractivity contribution >= 4 is 15.8 Å². The maximum absolute atomic E-state index is 14.5. The number of carbonyl (C=O) groups excluding carboxylic acids is 1. The molecule has 0 radical (unpaired) electrons. The van der Waals surface area contributed by atoms with Crippen LogP contribution in [0.2, 0.25) is 0 Å². The highest BCUT2D eigenvalue weighted by Gasteiger charge is 2.67. The van der Waals surface area contributed by atoms with Gasteiger partial charge in [-0.15, -0.1) is 0 Å². The van der Waals surface area contributed by atoms with Crippen molar-refractivity contribution in [1.29, 1.82) is 0 Å². The van der Waals surface area contributed by atoms with Gasteiger partial charge in [-0.3, -0.25) is 9.69 Å². The van der Waals surface area contributed by atoms with Gasteiger partial charge in [-0.1, -0.05) is 13.8 Å². The topological polar surface area (TPSA) is 83.9 Å². The zero-order valence-corrected chi connectivity index (χ0v) is 19.6. The van der Waals surface area contributed by atoms with E-state index in [0.717, 1.165) is 24.7 Å². The van der Waals surface area contributed by atoms with Crippen LogP contribution in [0.4, 0.5) is 17.6 Å². The van der Waals surface area contributed by atoms with E-state index in [1.165, 1.54) is 0 Å². The van der Waals surface area contributed by atoms with E-state index in [4.69, 9.17) is 4.74 Å². The largest absolute Gasteiger partial charge is 0.465 e. The van der Waals surface area contributed by atoms with Gasteiger partial charge in [-0.2, -0.15) is 17.6 Å². The maximum Gasteiger partial charge on any atom is 0.408 e. The van der Waals surface area contributed by atoms with E-state index in [-0.39, 0.29) is 24.9 Å². The molecule has 0 aromatic heterocycles. The SMILES string of the molecule is CCN(CC)C(C)S(=O)(=O)C(F)(F)C(F)(F)CCOC(=O)C1CC2(O)CC3CC(C3)(C1)C2. The van der Waals surface area contributed by atoms with Crippen LogP contribution in [0.3, 0.4) is 0 Å². The number of sulfone groups is 1. The second kappa shape index (κ2) is 8.37. The minimum atomic E-state index is -5.54. The van der Waals surface area contributed by atoms with E-state index >= 15 is 0 Å². The monoisotopic (exact) mass is 487 g/mol. The Morgan fingerprint density at radius 2 is 1.72 bits per heavy atom. The van der Waals surface area contributed by atoms with Gasteiger partial charge in [0.05, 0.1) is 24.5 Å². The van der Waals surface area contributed by atoms with Crippen molar-refractivity contribution in [1.82, 2.24) is 4.90 Å². The Labute approximate surface area is 186 Å². The van der Waals surface area contributed by atoms with Gasteiger partial charge >= 0.3 is 17.1 Å². The molecule has 4 aliphatic rings. The highest BCUT2D eigenvalue weighted by atomic mass is 32.2. The van der Waals surface area contributed by atoms with Gasteiger partial charge in [0, 0.05) is 0 Å². The fraction of sp³-hybridized carbons (Fsp3) is 0.952. The van der Waals surface area contributed by atoms with Gasteiger partial charge in [-0.25, -0.2) is 8.42 Å². The van der Waals surface area contributed by atoms with Crippen LogP contribution in [0.25, 0.3) is 0 Å². The van der Waals surface area contributed by atoms with E-state index in [1.54, 1.807) is 13.8 Å². The normalized spacial score (nSPS) is 33.5. The minimum Gasteiger partial charge on any atom is -0.465 e. The number of hydrogen-bond donors (Lipinski definition) is 1. The third-order valence-corrected chi connectivity index (χ3v) is 9.88. The predicted octanol–water partition coefficient (Wildman–Crippen LogP) is 3.58. The number of rotatable bonds is 10. The van der Waals surface area contributed by atoms with Crippen molar-refractivity contribution in [2.75, 3.05) is 19.7 Å². The standard InChI is InChI=1S/C21H33F4NO5S/c1-4-26(5-2)14(3)32(29,30)21(24,25)20(22,23)6-7-31-17(27)16-11-18-8-15(9-18)10-19(28,12-16)13-18/h14-16,28H,4-13H2,1-3H3. The molecule has 4 aliphatic carbocycles. The summed E-state index contributed by atoms with van der Waals surface area (Å²) in [7, 11) is -5.54. The van der Waals surface area contributed by atoms with Crippen LogP contribution in [-0.4, -0.2) is 66.2 Å². The average molecular weight is 488 g/mol. The van der Waals surface area contributed by atoms with Crippen LogP contribution in [0.15, 0.2) is 0 Å². The van der Waals surface area contributed by atoms with E-state index in [9.17, 15) is 35.9 Å². The smallest absolute Gasteiger partial charge is 0.408 e. The second-order valence-corrected chi connectivity index (χ2v) is 12.3. The van der Waals surface area contributed by atoms with Gasteiger partial charge in [0.1, 0.15) is 5.37 Å². The zero-order chi connectivity index (χ0) is 24.2. The summed E-state index contributed by atoms with van der Waals surface area (Å²) in [5, 5.41) is 3.60. The number of alkyl halides is 4. The van der Waals surface area contributed by atoms with Crippen molar-refractivity contribution in [3.63, 3.8) is 0 Å². The summed E-state index contributed by atoms with van der Waals surface area (Å²) < 4.78 is 87.1. The van der Waals surface area contributed by atoms with E-state index < -0.39 is 56.9 Å². The van der Waals surface area contributed by atoms with Crippen molar-refractivity contribution in [3.05, 3.63) is 0 Å². The molecule has 4 saturated carbocycles. The number of carbonyl (C=O) groups is 1. The first kappa shape index (κ1) is 25.7. The lowest BCUT2D eigenvalue weighted by Gasteiger charge is -2.63. The van der Waals surface area contributed by atoms with E-state index in [1.807, 2.05) is 0 Å². The average Bonchev–Trinajstić information content (AvgIpc) is 2.65. The van der Waals surface area contributed by atoms with Crippen molar-refractivity contribution < 1.29 is 40.6 Å². The van der Waals surface area contributed by atoms with Crippen LogP contribution < -0.4 is 0 Å². The molecule has 3 bridgehead atoms. The highest BCUT2D eigenvalue weighted by molar-refractivity contribution is 7.93. The van der Waals surface area contributed by atoms with E-state index in [2.05, 4.69) is 0 Å². The lowest BCUT2D eigenvalue weighted by Crippen LogP contribution is -2.59. The summed E-state index contributed by atoms with van der Waals surface area (Å²) in [5.74, 6) is -5.93. The molecule has 0 heterocycles. The minimum absolute atomic E-state index is 0.103. The van der Waals surface area contributed by atoms with E-state index in [0.29, 0.717) is 25.2 Å². The molecule has 4 rings (SSSR count). The van der Waals surface area contributed by atoms with Crippen molar-refractivity contribution in [2.24, 2.45) is 17.3 Å². The summed E-state index contributed by atoms with van der Waals surface area (Å²) in [4.78, 5) is 13.6. The molecule has 4 fully saturated rings. The Morgan fingerprint density at radius 1 is 1.12 bits per heavy atom. The summed E-state index contributed by atoms with van der Waals surface area (Å²) >= 11 is 0. The summed E-state index contributed by atoms with van der Waals surface area (Å²) in [6.07, 6.45) is 2.12. The predicted molar refractivity (Wildman–Crippen MR) is 109 cm³/mol. The van der Waals surface area contributed by atoms with Crippen LogP contribution in [0, 0.1) is 17.3 Å². The molecule has 3 atom stereocenters. The van der Waals surface area contributed by atoms with Crippen LogP contribution in [0.1, 0.15) is 65.7 Å². The Morgan fingerprint density at radius 3 is 2.25 bits per heavy atom. The molecular weight excluding hydrogens is 454 g/mol. The Balaban J connectivity index is 1.60. The first-order chi connectivity index (χ1) is 14.6. The van der Waals surface area contributed by atoms with Crippen LogP contribution in [0.5, 0.6) is 0 Å². The molecule has 0 aromatic carbocycles. The molecule has 186 valence electrons. The Bertz CT molecular complexity index is 820. The molecule has 0 aliphatic heterocycles. The Hall–Kier alpha value is -0.940. The van der Waals surface area contributed by atoms with Crippen LogP contribution >= 0.6 is 0 Å². The molecule has 32 heavy (non-hydrogen) atoms. The molecule has 0 aromatic rings. The molecular formula is C21H33F4NO5S. The highest BCUT2D eigenvalue weighted by Crippen LogP contribution is 2.66. The second-order valence-electron chi connectivity index (χ2n) is 9.99. The lowest BCUT2D eigenvalue weighted by atomic mass is 9.44. The van der Waals surface area contributed by atoms with Crippen molar-refractivity contribution in [2.45, 2.75) is 87.9 Å². The Kier molecular flexibility index (Phi) is 6.72. The van der Waals surface area contributed by atoms with Gasteiger partial charge in [0.15, 0.2) is 0 Å². The summed E-state index contributed by atoms with van der Waals surface area (Å²) in [5.41, 5.74) is -1.08. The summed E-state index contributed by atoms with van der Waals surface area (Å²) in [6.45, 7) is 3.23. The fourth-order valence-electron chi connectivity index (χ4n) is 6.28. The fourth-order valence-corrected chi connectivity index (χ4v) is 7.91. The molecule has 0 amide bonds. The third kappa shape index (κ3) is 4.29. The van der Waals surface area contributed by atoms with Crippen LogP contribution in [-0.2, 0) is 19.4 Å². The third-order valence-electron chi connectivity index (χ3n) is 7.67. The van der Waals surface area contributed by atoms with Gasteiger partial charge in [0.2, 0.25) is 9.84 Å². The number of halogens is 4. The maximum atomic E-state index is 14.5. The molecule has 6 nitrogen and oxygen atoms in total.